The molecule has 1 unspecified atom stereocenters. The number of thioether (sulfide) groups is 1. The van der Waals surface area contributed by atoms with E-state index in [2.05, 4.69) is 9.97 Å². The molecule has 1 N–H and O–H groups in total. The number of hydrogen-bond donors (Lipinski definition) is 1. The topological polar surface area (TPSA) is 80.6 Å². The molecule has 1 aliphatic rings. The second-order valence-corrected chi connectivity index (χ2v) is 11.0. The van der Waals surface area contributed by atoms with Crippen LogP contribution in [0.5, 0.6) is 0 Å². The van der Waals surface area contributed by atoms with Gasteiger partial charge in [-0.2, -0.15) is 0 Å². The summed E-state index contributed by atoms with van der Waals surface area (Å²) in [4.78, 5) is 41.1. The maximum absolute atomic E-state index is 13.8. The van der Waals surface area contributed by atoms with Crippen LogP contribution in [0.25, 0.3) is 26.8 Å². The number of H-pyrrole nitrogens is 1. The summed E-state index contributed by atoms with van der Waals surface area (Å²) in [6.45, 7) is 4.00. The van der Waals surface area contributed by atoms with Crippen molar-refractivity contribution in [1.29, 1.82) is 0 Å². The molecular formula is C26H22N4O2S2. The molecule has 0 spiro atoms. The molecule has 0 fully saturated rings. The van der Waals surface area contributed by atoms with Gasteiger partial charge in [-0.3, -0.25) is 14.2 Å². The van der Waals surface area contributed by atoms with Gasteiger partial charge >= 0.3 is 0 Å². The zero-order chi connectivity index (χ0) is 23.4. The Hall–Kier alpha value is -3.23. The summed E-state index contributed by atoms with van der Waals surface area (Å²) in [5.41, 5.74) is 3.55. The standard InChI is InChI=1S/C26H22N4O2S2/c1-14-10-12-16(13-11-14)30-25(32)21-18-7-5-9-20(18)34-24(21)29-26(30)33-15(2)22-27-19-8-4-3-6-17(19)23(31)28-22/h3-4,6,8,10-13,15H,5,7,9H2,1-2H3,(H,27,28,31). The summed E-state index contributed by atoms with van der Waals surface area (Å²) in [7, 11) is 0. The van der Waals surface area contributed by atoms with Crippen LogP contribution in [-0.4, -0.2) is 19.5 Å². The summed E-state index contributed by atoms with van der Waals surface area (Å²) in [6, 6.07) is 15.2. The van der Waals surface area contributed by atoms with E-state index in [0.717, 1.165) is 40.7 Å². The lowest BCUT2D eigenvalue weighted by atomic mass is 10.2. The molecule has 0 saturated carbocycles. The largest absolute Gasteiger partial charge is 0.309 e. The van der Waals surface area contributed by atoms with Gasteiger partial charge in [0.1, 0.15) is 10.7 Å². The van der Waals surface area contributed by atoms with Crippen molar-refractivity contribution < 1.29 is 0 Å². The van der Waals surface area contributed by atoms with E-state index < -0.39 is 0 Å². The molecule has 34 heavy (non-hydrogen) atoms. The Kier molecular flexibility index (Phi) is 5.15. The Bertz CT molecular complexity index is 1680. The molecule has 1 atom stereocenters. The van der Waals surface area contributed by atoms with Crippen molar-refractivity contribution >= 4 is 44.2 Å². The van der Waals surface area contributed by atoms with Gasteiger partial charge in [-0.15, -0.1) is 11.3 Å². The van der Waals surface area contributed by atoms with E-state index in [1.54, 1.807) is 22.0 Å². The summed E-state index contributed by atoms with van der Waals surface area (Å²) in [5.74, 6) is 0.562. The van der Waals surface area contributed by atoms with Crippen LogP contribution in [0.3, 0.4) is 0 Å². The Labute approximate surface area is 203 Å². The van der Waals surface area contributed by atoms with Crippen LogP contribution in [0.1, 0.15) is 40.4 Å². The molecule has 8 heteroatoms. The van der Waals surface area contributed by atoms with Gasteiger partial charge < -0.3 is 4.98 Å². The van der Waals surface area contributed by atoms with Crippen LogP contribution in [0, 0.1) is 6.92 Å². The first kappa shape index (κ1) is 21.3. The molecule has 0 bridgehead atoms. The first-order chi connectivity index (χ1) is 16.5. The van der Waals surface area contributed by atoms with Crippen molar-refractivity contribution in [2.45, 2.75) is 43.5 Å². The summed E-state index contributed by atoms with van der Waals surface area (Å²) in [6.07, 6.45) is 3.04. The van der Waals surface area contributed by atoms with Gasteiger partial charge in [0, 0.05) is 4.88 Å². The van der Waals surface area contributed by atoms with E-state index in [4.69, 9.17) is 4.98 Å². The fourth-order valence-electron chi connectivity index (χ4n) is 4.54. The number of para-hydroxylation sites is 1. The molecular weight excluding hydrogens is 464 g/mol. The number of fused-ring (bicyclic) bond motifs is 4. The third kappa shape index (κ3) is 3.49. The minimum atomic E-state index is -0.217. The molecule has 3 aromatic heterocycles. The van der Waals surface area contributed by atoms with Crippen LogP contribution in [0.15, 0.2) is 63.3 Å². The molecule has 5 aromatic rings. The molecule has 0 amide bonds. The average Bonchev–Trinajstić information content (AvgIpc) is 3.41. The van der Waals surface area contributed by atoms with Gasteiger partial charge in [-0.25, -0.2) is 9.97 Å². The van der Waals surface area contributed by atoms with Gasteiger partial charge in [0.2, 0.25) is 0 Å². The lowest BCUT2D eigenvalue weighted by molar-refractivity contribution is 0.810. The van der Waals surface area contributed by atoms with Crippen molar-refractivity contribution in [3.63, 3.8) is 0 Å². The van der Waals surface area contributed by atoms with Crippen LogP contribution in [-0.2, 0) is 12.8 Å². The maximum atomic E-state index is 13.8. The third-order valence-electron chi connectivity index (χ3n) is 6.30. The van der Waals surface area contributed by atoms with Crippen molar-refractivity contribution in [2.75, 3.05) is 0 Å². The highest BCUT2D eigenvalue weighted by atomic mass is 32.2. The fraction of sp³-hybridized carbons (Fsp3) is 0.231. The lowest BCUT2D eigenvalue weighted by Gasteiger charge is -2.16. The van der Waals surface area contributed by atoms with Crippen molar-refractivity contribution in [3.05, 3.63) is 91.1 Å². The highest BCUT2D eigenvalue weighted by molar-refractivity contribution is 7.99. The summed E-state index contributed by atoms with van der Waals surface area (Å²) < 4.78 is 1.72. The quantitative estimate of drug-likeness (QED) is 0.274. The average molecular weight is 487 g/mol. The molecule has 0 aliphatic heterocycles. The molecule has 6 rings (SSSR count). The number of nitrogens with one attached hydrogen (secondary N) is 1. The molecule has 170 valence electrons. The zero-order valence-electron chi connectivity index (χ0n) is 18.8. The van der Waals surface area contributed by atoms with E-state index in [-0.39, 0.29) is 16.4 Å². The van der Waals surface area contributed by atoms with E-state index in [9.17, 15) is 9.59 Å². The first-order valence-corrected chi connectivity index (χ1v) is 13.0. The van der Waals surface area contributed by atoms with Gasteiger partial charge in [-0.1, -0.05) is 41.6 Å². The van der Waals surface area contributed by atoms with Crippen molar-refractivity contribution in [2.24, 2.45) is 0 Å². The van der Waals surface area contributed by atoms with Crippen molar-refractivity contribution in [1.82, 2.24) is 19.5 Å². The van der Waals surface area contributed by atoms with Gasteiger partial charge in [-0.05, 0) is 62.9 Å². The number of aromatic amines is 1. The Balaban J connectivity index is 1.51. The van der Waals surface area contributed by atoms with Crippen molar-refractivity contribution in [3.8, 4) is 5.69 Å². The van der Waals surface area contributed by atoms with E-state index in [0.29, 0.717) is 21.9 Å². The number of aryl methyl sites for hydroxylation is 3. The number of aromatic nitrogens is 4. The number of benzene rings is 2. The minimum absolute atomic E-state index is 0.0251. The molecule has 0 radical (unpaired) electrons. The highest BCUT2D eigenvalue weighted by Gasteiger charge is 2.25. The second-order valence-electron chi connectivity index (χ2n) is 8.64. The summed E-state index contributed by atoms with van der Waals surface area (Å²) >= 11 is 3.07. The number of nitrogens with zero attached hydrogens (tertiary/aromatic N) is 3. The van der Waals surface area contributed by atoms with E-state index in [1.807, 2.05) is 56.3 Å². The predicted molar refractivity (Wildman–Crippen MR) is 139 cm³/mol. The number of rotatable bonds is 4. The Morgan fingerprint density at radius 1 is 1.06 bits per heavy atom. The lowest BCUT2D eigenvalue weighted by Crippen LogP contribution is -2.22. The number of thiophene rings is 1. The Morgan fingerprint density at radius 2 is 1.85 bits per heavy atom. The first-order valence-electron chi connectivity index (χ1n) is 11.3. The molecule has 0 saturated heterocycles. The maximum Gasteiger partial charge on any atom is 0.267 e. The third-order valence-corrected chi connectivity index (χ3v) is 8.55. The fourth-order valence-corrected chi connectivity index (χ4v) is 6.82. The molecule has 3 heterocycles. The van der Waals surface area contributed by atoms with Gasteiger partial charge in [0.05, 0.1) is 27.2 Å². The monoisotopic (exact) mass is 486 g/mol. The second kappa shape index (κ2) is 8.21. The number of hydrogen-bond acceptors (Lipinski definition) is 6. The normalized spacial score (nSPS) is 14.1. The van der Waals surface area contributed by atoms with Crippen LogP contribution < -0.4 is 11.1 Å². The zero-order valence-corrected chi connectivity index (χ0v) is 20.4. The van der Waals surface area contributed by atoms with Crippen LogP contribution in [0.2, 0.25) is 0 Å². The Morgan fingerprint density at radius 3 is 2.68 bits per heavy atom. The van der Waals surface area contributed by atoms with E-state index >= 15 is 0 Å². The van der Waals surface area contributed by atoms with Gasteiger partial charge in [0.15, 0.2) is 5.16 Å². The van der Waals surface area contributed by atoms with Crippen LogP contribution >= 0.6 is 23.1 Å². The smallest absolute Gasteiger partial charge is 0.267 e. The molecule has 2 aromatic carbocycles. The highest BCUT2D eigenvalue weighted by Crippen LogP contribution is 2.38. The van der Waals surface area contributed by atoms with Crippen LogP contribution in [0.4, 0.5) is 0 Å². The SMILES string of the molecule is Cc1ccc(-n2c(SC(C)c3nc4ccccc4c(=O)[nH]3)nc3sc4c(c3c2=O)CCC4)cc1. The van der Waals surface area contributed by atoms with E-state index in [1.165, 1.54) is 22.2 Å². The molecule has 6 nitrogen and oxygen atoms in total. The predicted octanol–water partition coefficient (Wildman–Crippen LogP) is 5.33. The summed E-state index contributed by atoms with van der Waals surface area (Å²) in [5, 5.41) is 1.70. The minimum Gasteiger partial charge on any atom is -0.309 e. The van der Waals surface area contributed by atoms with Gasteiger partial charge in [0.25, 0.3) is 11.1 Å². The molecule has 1 aliphatic carbocycles.